The molecular weight excluding hydrogens is 322 g/mol. The van der Waals surface area contributed by atoms with Gasteiger partial charge in [-0.3, -0.25) is 10.1 Å². The highest BCUT2D eigenvalue weighted by Crippen LogP contribution is 2.75. The molecule has 2 N–H and O–H groups in total. The first-order chi connectivity index (χ1) is 12.0. The SMILES string of the molecule is O=[N+]([O-])c1ccc2nn(-c3c(O)c4c5c(O)c3C3CCC54C3)cc2c1. The average Bonchev–Trinajstić information content (AvgIpc) is 2.88. The van der Waals surface area contributed by atoms with Gasteiger partial charge in [-0.2, -0.15) is 5.10 Å². The summed E-state index contributed by atoms with van der Waals surface area (Å²) in [6.45, 7) is 0. The van der Waals surface area contributed by atoms with E-state index >= 15 is 0 Å². The average molecular weight is 335 g/mol. The summed E-state index contributed by atoms with van der Waals surface area (Å²) in [4.78, 5) is 10.5. The van der Waals surface area contributed by atoms with E-state index in [1.54, 1.807) is 16.9 Å². The minimum absolute atomic E-state index is 0.00187. The van der Waals surface area contributed by atoms with Crippen LogP contribution in [-0.2, 0) is 5.41 Å². The quantitative estimate of drug-likeness (QED) is 0.425. The van der Waals surface area contributed by atoms with Crippen LogP contribution in [0.1, 0.15) is 41.9 Å². The van der Waals surface area contributed by atoms with Crippen LogP contribution in [0.4, 0.5) is 5.69 Å². The lowest BCUT2D eigenvalue weighted by atomic mass is 9.89. The maximum Gasteiger partial charge on any atom is 0.270 e. The molecule has 25 heavy (non-hydrogen) atoms. The number of hydrogen-bond donors (Lipinski definition) is 2. The van der Waals surface area contributed by atoms with Crippen molar-refractivity contribution in [1.82, 2.24) is 9.78 Å². The fourth-order valence-corrected chi connectivity index (χ4v) is 5.15. The highest BCUT2D eigenvalue weighted by molar-refractivity contribution is 5.86. The van der Waals surface area contributed by atoms with Crippen LogP contribution in [0.2, 0.25) is 0 Å². The highest BCUT2D eigenvalue weighted by atomic mass is 16.6. The molecule has 124 valence electrons. The summed E-state index contributed by atoms with van der Waals surface area (Å²) >= 11 is 0. The molecule has 1 spiro atoms. The summed E-state index contributed by atoms with van der Waals surface area (Å²) in [5.74, 6) is 0.733. The molecular formula is C18H13N3O4. The number of nitro benzene ring substituents is 1. The molecule has 2 aromatic carbocycles. The van der Waals surface area contributed by atoms with E-state index in [0.29, 0.717) is 22.3 Å². The Kier molecular flexibility index (Phi) is 1.99. The number of aromatic nitrogens is 2. The first kappa shape index (κ1) is 13.2. The van der Waals surface area contributed by atoms with Gasteiger partial charge in [-0.1, -0.05) is 0 Å². The van der Waals surface area contributed by atoms with E-state index < -0.39 is 4.92 Å². The van der Waals surface area contributed by atoms with Gasteiger partial charge < -0.3 is 10.2 Å². The Bertz CT molecular complexity index is 1150. The molecule has 1 heterocycles. The number of nitro groups is 1. The van der Waals surface area contributed by atoms with Crippen LogP contribution < -0.4 is 0 Å². The lowest BCUT2D eigenvalue weighted by Gasteiger charge is -2.19. The predicted octanol–water partition coefficient (Wildman–Crippen LogP) is 3.23. The molecule has 3 aliphatic carbocycles. The van der Waals surface area contributed by atoms with E-state index in [0.717, 1.165) is 36.0 Å². The summed E-state index contributed by atoms with van der Waals surface area (Å²) in [6, 6.07) is 4.49. The predicted molar refractivity (Wildman–Crippen MR) is 88.4 cm³/mol. The van der Waals surface area contributed by atoms with Crippen LogP contribution >= 0.6 is 0 Å². The third-order valence-electron chi connectivity index (χ3n) is 6.20. The number of hydrogen-bond acceptors (Lipinski definition) is 5. The van der Waals surface area contributed by atoms with Gasteiger partial charge in [0.25, 0.3) is 5.69 Å². The minimum atomic E-state index is -0.441. The second-order valence-electron chi connectivity index (χ2n) is 7.31. The number of phenols is 2. The molecule has 7 nitrogen and oxygen atoms in total. The van der Waals surface area contributed by atoms with Crippen molar-refractivity contribution in [3.05, 3.63) is 51.2 Å². The van der Waals surface area contributed by atoms with Gasteiger partial charge in [0.2, 0.25) is 0 Å². The van der Waals surface area contributed by atoms with Crippen LogP contribution in [0.5, 0.6) is 11.5 Å². The topological polar surface area (TPSA) is 101 Å². The van der Waals surface area contributed by atoms with Crippen molar-refractivity contribution < 1.29 is 15.1 Å². The summed E-state index contributed by atoms with van der Waals surface area (Å²) < 4.78 is 1.56. The van der Waals surface area contributed by atoms with Crippen LogP contribution in [0, 0.1) is 10.1 Å². The van der Waals surface area contributed by atoms with Gasteiger partial charge >= 0.3 is 0 Å². The molecule has 2 atom stereocenters. The van der Waals surface area contributed by atoms with Crippen molar-refractivity contribution in [2.75, 3.05) is 0 Å². The van der Waals surface area contributed by atoms with Gasteiger partial charge in [0.15, 0.2) is 0 Å². The number of phenolic OH excluding ortho intramolecular Hbond substituents is 2. The fraction of sp³-hybridized carbons (Fsp3) is 0.278. The lowest BCUT2D eigenvalue weighted by Crippen LogP contribution is -2.07. The van der Waals surface area contributed by atoms with Crippen LogP contribution in [0.25, 0.3) is 16.6 Å². The molecule has 0 amide bonds. The van der Waals surface area contributed by atoms with Gasteiger partial charge in [-0.05, 0) is 31.2 Å². The van der Waals surface area contributed by atoms with Crippen LogP contribution in [-0.4, -0.2) is 24.9 Å². The number of aromatic hydroxyl groups is 2. The summed E-state index contributed by atoms with van der Waals surface area (Å²) in [6.07, 6.45) is 4.62. The maximum atomic E-state index is 11.0. The molecule has 6 rings (SSSR count). The van der Waals surface area contributed by atoms with Crippen LogP contribution in [0.15, 0.2) is 24.4 Å². The monoisotopic (exact) mass is 335 g/mol. The van der Waals surface area contributed by atoms with E-state index in [9.17, 15) is 20.3 Å². The zero-order valence-electron chi connectivity index (χ0n) is 13.1. The Morgan fingerprint density at radius 1 is 1.28 bits per heavy atom. The van der Waals surface area contributed by atoms with E-state index in [1.165, 1.54) is 12.1 Å². The van der Waals surface area contributed by atoms with E-state index in [1.807, 2.05) is 0 Å². The van der Waals surface area contributed by atoms with Crippen molar-refractivity contribution >= 4 is 16.6 Å². The third-order valence-corrected chi connectivity index (χ3v) is 6.20. The minimum Gasteiger partial charge on any atom is -0.507 e. The third kappa shape index (κ3) is 1.33. The lowest BCUT2D eigenvalue weighted by molar-refractivity contribution is -0.384. The summed E-state index contributed by atoms with van der Waals surface area (Å²) in [5, 5.41) is 37.6. The molecule has 3 aromatic rings. The number of non-ortho nitro benzene ring substituents is 1. The molecule has 1 aromatic heterocycles. The van der Waals surface area contributed by atoms with E-state index in [-0.39, 0.29) is 22.8 Å². The van der Waals surface area contributed by atoms with Crippen molar-refractivity contribution in [3.63, 3.8) is 0 Å². The first-order valence-corrected chi connectivity index (χ1v) is 8.28. The maximum absolute atomic E-state index is 11.0. The smallest absolute Gasteiger partial charge is 0.270 e. The second kappa shape index (κ2) is 3.77. The number of nitrogens with zero attached hydrogens (tertiary/aromatic N) is 3. The second-order valence-corrected chi connectivity index (χ2v) is 7.31. The fourth-order valence-electron chi connectivity index (χ4n) is 5.15. The first-order valence-electron chi connectivity index (χ1n) is 8.28. The van der Waals surface area contributed by atoms with Gasteiger partial charge in [-0.25, -0.2) is 4.68 Å². The molecule has 0 saturated heterocycles. The zero-order valence-corrected chi connectivity index (χ0v) is 13.1. The molecule has 0 aliphatic heterocycles. The van der Waals surface area contributed by atoms with Gasteiger partial charge in [-0.15, -0.1) is 0 Å². The Morgan fingerprint density at radius 3 is 2.88 bits per heavy atom. The van der Waals surface area contributed by atoms with Gasteiger partial charge in [0.05, 0.1) is 10.4 Å². The van der Waals surface area contributed by atoms with Crippen molar-refractivity contribution in [2.24, 2.45) is 0 Å². The van der Waals surface area contributed by atoms with Crippen molar-refractivity contribution in [1.29, 1.82) is 0 Å². The number of benzene rings is 2. The highest BCUT2D eigenvalue weighted by Gasteiger charge is 2.64. The summed E-state index contributed by atoms with van der Waals surface area (Å²) in [5.41, 5.74) is 3.58. The summed E-state index contributed by atoms with van der Waals surface area (Å²) in [7, 11) is 0. The normalized spacial score (nSPS) is 24.7. The van der Waals surface area contributed by atoms with Gasteiger partial charge in [0.1, 0.15) is 17.2 Å². The molecule has 1 fully saturated rings. The molecule has 3 aliphatic rings. The van der Waals surface area contributed by atoms with E-state index in [2.05, 4.69) is 5.10 Å². The standard InChI is InChI=1S/C18H13N3O4/c22-16-12-8-3-4-18(6-8)13(16)14(18)17(23)15(12)20-7-9-5-10(21(24)25)1-2-11(9)19-20/h1-2,5,7-8,22-23H,3-4,6H2. The molecule has 4 bridgehead atoms. The largest absolute Gasteiger partial charge is 0.507 e. The molecule has 2 unspecified atom stereocenters. The molecule has 0 radical (unpaired) electrons. The van der Waals surface area contributed by atoms with E-state index in [4.69, 9.17) is 0 Å². The van der Waals surface area contributed by atoms with Crippen molar-refractivity contribution in [2.45, 2.75) is 30.6 Å². The van der Waals surface area contributed by atoms with Crippen molar-refractivity contribution in [3.8, 4) is 17.2 Å². The Labute approximate surface area is 141 Å². The number of fused-ring (bicyclic) bond motifs is 4. The van der Waals surface area contributed by atoms with Gasteiger partial charge in [0, 0.05) is 45.8 Å². The Balaban J connectivity index is 1.62. The Hall–Kier alpha value is -3.09. The molecule has 1 saturated carbocycles. The van der Waals surface area contributed by atoms with Crippen LogP contribution in [0.3, 0.4) is 0 Å². The Morgan fingerprint density at radius 2 is 2.08 bits per heavy atom. The zero-order chi connectivity index (χ0) is 17.1. The number of rotatable bonds is 2. The molecule has 7 heteroatoms.